The molecule has 0 radical (unpaired) electrons. The van der Waals surface area contributed by atoms with Crippen LogP contribution in [0.2, 0.25) is 0 Å². The molecule has 0 spiro atoms. The zero-order valence-electron chi connectivity index (χ0n) is 15.3. The van der Waals surface area contributed by atoms with E-state index in [0.717, 1.165) is 35.9 Å². The predicted molar refractivity (Wildman–Crippen MR) is 103 cm³/mol. The Hall–Kier alpha value is -2.52. The topological polar surface area (TPSA) is 91.7 Å². The highest BCUT2D eigenvalue weighted by Gasteiger charge is 2.19. The van der Waals surface area contributed by atoms with Crippen LogP contribution in [0.4, 0.5) is 0 Å². The second-order valence-electron chi connectivity index (χ2n) is 6.96. The molecule has 1 saturated heterocycles. The predicted octanol–water partition coefficient (Wildman–Crippen LogP) is 2.00. The van der Waals surface area contributed by atoms with E-state index in [2.05, 4.69) is 25.8 Å². The van der Waals surface area contributed by atoms with E-state index in [0.29, 0.717) is 18.2 Å². The highest BCUT2D eigenvalue weighted by atomic mass is 32.1. The molecule has 4 heterocycles. The second kappa shape index (κ2) is 8.01. The highest BCUT2D eigenvalue weighted by Crippen LogP contribution is 2.23. The van der Waals surface area contributed by atoms with Gasteiger partial charge in [-0.3, -0.25) is 14.6 Å². The Labute approximate surface area is 161 Å². The number of hydrogen-bond acceptors (Lipinski definition) is 6. The van der Waals surface area contributed by atoms with Crippen molar-refractivity contribution in [3.8, 4) is 10.6 Å². The number of hydrogen-bond donors (Lipinski definition) is 2. The van der Waals surface area contributed by atoms with E-state index in [1.807, 2.05) is 23.6 Å². The minimum absolute atomic E-state index is 0.143. The van der Waals surface area contributed by atoms with Crippen LogP contribution in [-0.2, 0) is 13.1 Å². The van der Waals surface area contributed by atoms with Gasteiger partial charge in [0.15, 0.2) is 5.69 Å². The summed E-state index contributed by atoms with van der Waals surface area (Å²) in [6.45, 7) is 3.32. The number of piperidine rings is 1. The lowest BCUT2D eigenvalue weighted by Gasteiger charge is -2.22. The van der Waals surface area contributed by atoms with Gasteiger partial charge in [0.05, 0.1) is 23.3 Å². The number of nitrogens with one attached hydrogen (secondary N) is 2. The van der Waals surface area contributed by atoms with Crippen molar-refractivity contribution in [2.45, 2.75) is 25.9 Å². The first-order chi connectivity index (χ1) is 13.2. The van der Waals surface area contributed by atoms with Crippen LogP contribution in [-0.4, -0.2) is 56.1 Å². The molecule has 1 aliphatic rings. The fraction of sp³-hybridized carbons (Fsp3) is 0.444. The van der Waals surface area contributed by atoms with E-state index < -0.39 is 0 Å². The molecule has 0 bridgehead atoms. The average Bonchev–Trinajstić information content (AvgIpc) is 3.43. The lowest BCUT2D eigenvalue weighted by molar-refractivity contribution is 0.0777. The number of nitrogens with zero attached hydrogens (tertiary/aromatic N) is 5. The van der Waals surface area contributed by atoms with Crippen molar-refractivity contribution in [3.63, 3.8) is 0 Å². The number of thiophene rings is 1. The maximum absolute atomic E-state index is 12.7. The summed E-state index contributed by atoms with van der Waals surface area (Å²) in [5, 5.41) is 20.9. The molecule has 0 saturated carbocycles. The van der Waals surface area contributed by atoms with E-state index in [1.165, 1.54) is 12.8 Å². The van der Waals surface area contributed by atoms with E-state index in [-0.39, 0.29) is 5.91 Å². The molecule has 1 atom stereocenters. The minimum atomic E-state index is -0.143. The summed E-state index contributed by atoms with van der Waals surface area (Å²) >= 11 is 1.64. The number of carbonyl (C=O) groups is 1. The Morgan fingerprint density at radius 1 is 1.48 bits per heavy atom. The van der Waals surface area contributed by atoms with Crippen LogP contribution in [0, 0.1) is 5.92 Å². The maximum Gasteiger partial charge on any atom is 0.276 e. The molecule has 3 aromatic rings. The number of aromatic amines is 1. The molecule has 3 aromatic heterocycles. The van der Waals surface area contributed by atoms with Crippen molar-refractivity contribution in [2.24, 2.45) is 5.92 Å². The molecule has 0 unspecified atom stereocenters. The van der Waals surface area contributed by atoms with Gasteiger partial charge in [0.25, 0.3) is 5.91 Å². The number of carbonyl (C=O) groups excluding carboxylic acids is 1. The summed E-state index contributed by atoms with van der Waals surface area (Å²) < 4.78 is 1.78. The quantitative estimate of drug-likeness (QED) is 0.677. The Kier molecular flexibility index (Phi) is 5.30. The third-order valence-corrected chi connectivity index (χ3v) is 5.65. The summed E-state index contributed by atoms with van der Waals surface area (Å²) in [5.74, 6) is 0.400. The summed E-state index contributed by atoms with van der Waals surface area (Å²) in [6, 6.07) is 6.00. The first kappa shape index (κ1) is 17.9. The Balaban J connectivity index is 1.36. The molecule has 1 aliphatic heterocycles. The summed E-state index contributed by atoms with van der Waals surface area (Å²) in [4.78, 5) is 15.4. The summed E-state index contributed by atoms with van der Waals surface area (Å²) in [7, 11) is 1.76. The lowest BCUT2D eigenvalue weighted by atomic mass is 10.00. The third-order valence-electron chi connectivity index (χ3n) is 4.76. The fourth-order valence-electron chi connectivity index (χ4n) is 3.35. The zero-order chi connectivity index (χ0) is 18.6. The van der Waals surface area contributed by atoms with Crippen molar-refractivity contribution < 1.29 is 4.79 Å². The Morgan fingerprint density at radius 3 is 3.19 bits per heavy atom. The van der Waals surface area contributed by atoms with E-state index in [1.54, 1.807) is 34.2 Å². The fourth-order valence-corrected chi connectivity index (χ4v) is 4.03. The molecule has 2 N–H and O–H groups in total. The van der Waals surface area contributed by atoms with Crippen molar-refractivity contribution in [1.29, 1.82) is 0 Å². The van der Waals surface area contributed by atoms with Gasteiger partial charge in [0.1, 0.15) is 5.69 Å². The molecule has 142 valence electrons. The molecular formula is C18H23N7OS. The van der Waals surface area contributed by atoms with Crippen LogP contribution >= 0.6 is 11.3 Å². The van der Waals surface area contributed by atoms with Crippen LogP contribution in [0.1, 0.15) is 29.0 Å². The van der Waals surface area contributed by atoms with Gasteiger partial charge < -0.3 is 10.2 Å². The molecule has 4 rings (SSSR count). The van der Waals surface area contributed by atoms with Gasteiger partial charge in [-0.05, 0) is 49.4 Å². The average molecular weight is 385 g/mol. The van der Waals surface area contributed by atoms with Crippen LogP contribution in [0.15, 0.2) is 29.8 Å². The normalized spacial score (nSPS) is 17.1. The molecule has 27 heavy (non-hydrogen) atoms. The number of aromatic nitrogens is 5. The van der Waals surface area contributed by atoms with Gasteiger partial charge in [-0.2, -0.15) is 5.10 Å². The molecule has 1 amide bonds. The minimum Gasteiger partial charge on any atom is -0.334 e. The standard InChI is InChI=1S/C18H23N7OS/c1-24(11-14-8-15(21-20-14)17-5-3-7-27-17)18(26)16-12-25(23-22-16)10-13-4-2-6-19-9-13/h3,5,7-8,12-13,19H,2,4,6,9-11H2,1H3,(H,20,21)/t13-/m1/s1. The number of rotatable bonds is 6. The molecule has 0 aromatic carbocycles. The lowest BCUT2D eigenvalue weighted by Crippen LogP contribution is -2.32. The van der Waals surface area contributed by atoms with Crippen molar-refractivity contribution >= 4 is 17.2 Å². The Morgan fingerprint density at radius 2 is 2.41 bits per heavy atom. The SMILES string of the molecule is CN(Cc1cc(-c2cccs2)n[nH]1)C(=O)c1cn(C[C@@H]2CCCNC2)nn1. The van der Waals surface area contributed by atoms with Crippen LogP contribution in [0.3, 0.4) is 0 Å². The van der Waals surface area contributed by atoms with Gasteiger partial charge in [-0.1, -0.05) is 11.3 Å². The van der Waals surface area contributed by atoms with Crippen molar-refractivity contribution in [3.05, 3.63) is 41.2 Å². The van der Waals surface area contributed by atoms with Gasteiger partial charge in [0, 0.05) is 13.6 Å². The van der Waals surface area contributed by atoms with E-state index >= 15 is 0 Å². The highest BCUT2D eigenvalue weighted by molar-refractivity contribution is 7.13. The van der Waals surface area contributed by atoms with Gasteiger partial charge in [-0.15, -0.1) is 16.4 Å². The van der Waals surface area contributed by atoms with Crippen molar-refractivity contribution in [1.82, 2.24) is 35.4 Å². The molecular weight excluding hydrogens is 362 g/mol. The molecule has 0 aliphatic carbocycles. The van der Waals surface area contributed by atoms with Gasteiger partial charge in [0.2, 0.25) is 0 Å². The second-order valence-corrected chi connectivity index (χ2v) is 7.90. The Bertz CT molecular complexity index is 879. The zero-order valence-corrected chi connectivity index (χ0v) is 16.1. The largest absolute Gasteiger partial charge is 0.334 e. The number of amides is 1. The first-order valence-electron chi connectivity index (χ1n) is 9.13. The molecule has 8 nitrogen and oxygen atoms in total. The third kappa shape index (κ3) is 4.25. The summed E-state index contributed by atoms with van der Waals surface area (Å²) in [6.07, 6.45) is 4.12. The van der Waals surface area contributed by atoms with Gasteiger partial charge in [-0.25, -0.2) is 0 Å². The van der Waals surface area contributed by atoms with Crippen molar-refractivity contribution in [2.75, 3.05) is 20.1 Å². The molecule has 1 fully saturated rings. The monoisotopic (exact) mass is 385 g/mol. The molecule has 9 heteroatoms. The van der Waals surface area contributed by atoms with Gasteiger partial charge >= 0.3 is 0 Å². The summed E-state index contributed by atoms with van der Waals surface area (Å²) in [5.41, 5.74) is 2.15. The van der Waals surface area contributed by atoms with Crippen LogP contribution < -0.4 is 5.32 Å². The number of H-pyrrole nitrogens is 1. The van der Waals surface area contributed by atoms with E-state index in [4.69, 9.17) is 0 Å². The smallest absolute Gasteiger partial charge is 0.276 e. The van der Waals surface area contributed by atoms with E-state index in [9.17, 15) is 4.79 Å². The maximum atomic E-state index is 12.7. The first-order valence-corrected chi connectivity index (χ1v) is 10.0. The van der Waals surface area contributed by atoms with Crippen LogP contribution in [0.5, 0.6) is 0 Å². The van der Waals surface area contributed by atoms with Crippen LogP contribution in [0.25, 0.3) is 10.6 Å².